The maximum atomic E-state index is 12.5. The molecule has 0 aromatic heterocycles. The van der Waals surface area contributed by atoms with Crippen LogP contribution >= 0.6 is 0 Å². The Bertz CT molecular complexity index is 1960. The van der Waals surface area contributed by atoms with E-state index in [0.717, 1.165) is 32.1 Å². The molecule has 19 nitrogen and oxygen atoms in total. The zero-order valence-corrected chi connectivity index (χ0v) is 39.7. The van der Waals surface area contributed by atoms with Gasteiger partial charge in [0.15, 0.2) is 31.1 Å². The number of aliphatic hydroxyl groups excluding tert-OH is 9. The summed E-state index contributed by atoms with van der Waals surface area (Å²) < 4.78 is 35.6. The molecular formula is C48H74O19. The monoisotopic (exact) mass is 954 g/mol. The first kappa shape index (κ1) is 51.2. The lowest BCUT2D eigenvalue weighted by molar-refractivity contribution is -0.393. The molecule has 0 radical (unpaired) electrons. The molecule has 0 aromatic carbocycles. The molecule has 6 fully saturated rings. The fourth-order valence-electron chi connectivity index (χ4n) is 14.4. The van der Waals surface area contributed by atoms with E-state index in [1.54, 1.807) is 0 Å². The smallest absolute Gasteiger partial charge is 0.335 e. The zero-order chi connectivity index (χ0) is 49.3. The van der Waals surface area contributed by atoms with E-state index >= 15 is 0 Å². The number of carbonyl (C=O) groups is 2. The first-order valence-electron chi connectivity index (χ1n) is 24.0. The van der Waals surface area contributed by atoms with Crippen molar-refractivity contribution in [1.82, 2.24) is 0 Å². The molecule has 24 unspecified atom stereocenters. The average Bonchev–Trinajstić information content (AvgIpc) is 3.25. The lowest BCUT2D eigenvalue weighted by Gasteiger charge is -2.70. The number of ether oxygens (including phenoxy) is 6. The number of allylic oxidation sites excluding steroid dienone is 3. The van der Waals surface area contributed by atoms with Crippen molar-refractivity contribution in [1.29, 1.82) is 0 Å². The summed E-state index contributed by atoms with van der Waals surface area (Å²) in [5.41, 5.74) is 0.590. The lowest BCUT2D eigenvalue weighted by atomic mass is 9.35. The van der Waals surface area contributed by atoms with E-state index in [1.165, 1.54) is 18.1 Å². The molecular weight excluding hydrogens is 881 g/mol. The topological polar surface area (TPSA) is 312 Å². The predicted molar refractivity (Wildman–Crippen MR) is 231 cm³/mol. The van der Waals surface area contributed by atoms with E-state index in [4.69, 9.17) is 28.4 Å². The van der Waals surface area contributed by atoms with Gasteiger partial charge >= 0.3 is 11.9 Å². The van der Waals surface area contributed by atoms with Crippen molar-refractivity contribution < 1.29 is 94.2 Å². The van der Waals surface area contributed by atoms with Crippen molar-refractivity contribution in [3.63, 3.8) is 0 Å². The molecule has 0 spiro atoms. The standard InChI is InChI=1S/C48H74O19/c1-20-27(51)28(52)33(57)40(62-20)66-37-32(56)30(54)35(39(60)61)65-42(37)67-36-31(55)29(53)34(38(58)59)64-41(36)63-26-12-13-45(5)23(46(26,6)19-49)11-14-48(8)24(45)10-9-21-22-17-43(2,3)18-25(50)44(22,4)15-16-47(21,48)7/h9-10,20,23-37,40-42,49-57H,11-19H2,1-8H3,(H,58,59)(H,60,61). The van der Waals surface area contributed by atoms with E-state index in [-0.39, 0.29) is 45.5 Å². The van der Waals surface area contributed by atoms with Crippen LogP contribution in [-0.2, 0) is 38.0 Å². The molecule has 0 aromatic rings. The Kier molecular flexibility index (Phi) is 13.4. The lowest BCUT2D eigenvalue weighted by Crippen LogP contribution is -2.68. The number of carboxylic acid groups (broad SMARTS) is 2. The molecule has 5 aliphatic carbocycles. The van der Waals surface area contributed by atoms with Gasteiger partial charge in [-0.15, -0.1) is 0 Å². The van der Waals surface area contributed by atoms with E-state index < -0.39 is 122 Å². The van der Waals surface area contributed by atoms with Crippen LogP contribution in [0, 0.1) is 44.3 Å². The normalized spacial score (nSPS) is 54.0. The fraction of sp³-hybridized carbons (Fsp3) is 0.875. The molecule has 380 valence electrons. The van der Waals surface area contributed by atoms with Gasteiger partial charge in [-0.1, -0.05) is 66.2 Å². The Hall–Kier alpha value is -2.18. The van der Waals surface area contributed by atoms with Crippen LogP contribution in [-0.4, -0.2) is 179 Å². The molecule has 8 aliphatic rings. The summed E-state index contributed by atoms with van der Waals surface area (Å²) in [5.74, 6) is -3.47. The van der Waals surface area contributed by atoms with E-state index in [1.807, 2.05) is 6.92 Å². The second-order valence-corrected chi connectivity index (χ2v) is 23.3. The number of hydrogen-bond acceptors (Lipinski definition) is 17. The second kappa shape index (κ2) is 17.5. The number of hydrogen-bond donors (Lipinski definition) is 11. The van der Waals surface area contributed by atoms with Gasteiger partial charge < -0.3 is 84.6 Å². The molecule has 0 bridgehead atoms. The number of aliphatic carboxylic acids is 2. The number of carboxylic acids is 2. The number of fused-ring (bicyclic) bond motifs is 6. The van der Waals surface area contributed by atoms with Crippen LogP contribution in [0.25, 0.3) is 0 Å². The van der Waals surface area contributed by atoms with Gasteiger partial charge in [-0.2, -0.15) is 0 Å². The third-order valence-corrected chi connectivity index (χ3v) is 18.8. The molecule has 67 heavy (non-hydrogen) atoms. The van der Waals surface area contributed by atoms with Gasteiger partial charge in [-0.05, 0) is 97.4 Å². The van der Waals surface area contributed by atoms with Crippen LogP contribution in [0.4, 0.5) is 0 Å². The predicted octanol–water partition coefficient (Wildman–Crippen LogP) is 0.717. The molecule has 19 heteroatoms. The Labute approximate surface area is 390 Å². The van der Waals surface area contributed by atoms with Crippen molar-refractivity contribution in [3.8, 4) is 0 Å². The Morgan fingerprint density at radius 1 is 0.672 bits per heavy atom. The van der Waals surface area contributed by atoms with Gasteiger partial charge in [-0.3, -0.25) is 0 Å². The van der Waals surface area contributed by atoms with Crippen LogP contribution in [0.2, 0.25) is 0 Å². The second-order valence-electron chi connectivity index (χ2n) is 23.3. The van der Waals surface area contributed by atoms with Gasteiger partial charge in [0.25, 0.3) is 0 Å². The highest BCUT2D eigenvalue weighted by Crippen LogP contribution is 2.74. The number of aliphatic hydroxyl groups is 9. The molecule has 3 saturated heterocycles. The highest BCUT2D eigenvalue weighted by atomic mass is 16.8. The van der Waals surface area contributed by atoms with Crippen LogP contribution in [0.1, 0.15) is 107 Å². The van der Waals surface area contributed by atoms with Gasteiger partial charge in [-0.25, -0.2) is 9.59 Å². The Morgan fingerprint density at radius 2 is 1.24 bits per heavy atom. The molecule has 8 rings (SSSR count). The minimum atomic E-state index is -2.16. The molecule has 24 atom stereocenters. The van der Waals surface area contributed by atoms with E-state index in [9.17, 15) is 65.8 Å². The van der Waals surface area contributed by atoms with Crippen molar-refractivity contribution in [2.75, 3.05) is 6.61 Å². The quantitative estimate of drug-likeness (QED) is 0.142. The van der Waals surface area contributed by atoms with Crippen molar-refractivity contribution in [3.05, 3.63) is 23.3 Å². The molecule has 0 amide bonds. The summed E-state index contributed by atoms with van der Waals surface area (Å²) in [4.78, 5) is 24.7. The first-order valence-corrected chi connectivity index (χ1v) is 24.0. The first-order chi connectivity index (χ1) is 31.1. The van der Waals surface area contributed by atoms with Crippen LogP contribution in [0.5, 0.6) is 0 Å². The average molecular weight is 955 g/mol. The Morgan fingerprint density at radius 3 is 1.81 bits per heavy atom. The molecule has 3 saturated carbocycles. The van der Waals surface area contributed by atoms with Gasteiger partial charge in [0.1, 0.15) is 54.9 Å². The van der Waals surface area contributed by atoms with Crippen molar-refractivity contribution >= 4 is 11.9 Å². The Balaban J connectivity index is 1.10. The van der Waals surface area contributed by atoms with Gasteiger partial charge in [0, 0.05) is 10.8 Å². The van der Waals surface area contributed by atoms with Crippen molar-refractivity contribution in [2.45, 2.75) is 211 Å². The van der Waals surface area contributed by atoms with E-state index in [0.29, 0.717) is 19.3 Å². The minimum absolute atomic E-state index is 0.0492. The van der Waals surface area contributed by atoms with Crippen LogP contribution in [0.15, 0.2) is 23.3 Å². The molecule has 3 heterocycles. The minimum Gasteiger partial charge on any atom is -0.479 e. The number of rotatable bonds is 9. The maximum absolute atomic E-state index is 12.5. The summed E-state index contributed by atoms with van der Waals surface area (Å²) >= 11 is 0. The zero-order valence-electron chi connectivity index (χ0n) is 39.7. The molecule has 11 N–H and O–H groups in total. The third kappa shape index (κ3) is 7.89. The summed E-state index contributed by atoms with van der Waals surface area (Å²) in [6.45, 7) is 16.6. The van der Waals surface area contributed by atoms with Gasteiger partial charge in [0.05, 0.1) is 24.9 Å². The maximum Gasteiger partial charge on any atom is 0.335 e. The highest BCUT2D eigenvalue weighted by molar-refractivity contribution is 5.74. The largest absolute Gasteiger partial charge is 0.479 e. The summed E-state index contributed by atoms with van der Waals surface area (Å²) in [6, 6.07) is 0. The van der Waals surface area contributed by atoms with Crippen LogP contribution in [0.3, 0.4) is 0 Å². The third-order valence-electron chi connectivity index (χ3n) is 18.8. The summed E-state index contributed by atoms with van der Waals surface area (Å²) in [7, 11) is 0. The van der Waals surface area contributed by atoms with Crippen LogP contribution < -0.4 is 0 Å². The summed E-state index contributed by atoms with van der Waals surface area (Å²) in [5, 5.41) is 119. The summed E-state index contributed by atoms with van der Waals surface area (Å²) in [6.07, 6.45) is -19.5. The SMILES string of the molecule is CC1OC(OC2C(OC3C(OC4CCC5(C)C(CCC6(C)C5C=CC5=C7CC(C)(C)CC(O)C7(C)CCC56C)C4(C)CO)OC(C(=O)O)C(O)C3O)OC(C(=O)O)C(O)C2O)C(O)C(O)C1O. The van der Waals surface area contributed by atoms with E-state index in [2.05, 4.69) is 53.7 Å². The molecule has 3 aliphatic heterocycles. The van der Waals surface area contributed by atoms with Gasteiger partial charge in [0.2, 0.25) is 0 Å². The van der Waals surface area contributed by atoms with Crippen molar-refractivity contribution in [2.24, 2.45) is 44.3 Å². The fourth-order valence-corrected chi connectivity index (χ4v) is 14.4. The highest BCUT2D eigenvalue weighted by Gasteiger charge is 2.68.